The second-order valence-corrected chi connectivity index (χ2v) is 3.94. The first-order valence-electron chi connectivity index (χ1n) is 6.06. The van der Waals surface area contributed by atoms with Crippen LogP contribution in [0.5, 0.6) is 28.9 Å². The van der Waals surface area contributed by atoms with E-state index in [4.69, 9.17) is 24.2 Å². The zero-order chi connectivity index (χ0) is 15.2. The molecule has 0 atom stereocenters. The van der Waals surface area contributed by atoms with Crippen LogP contribution in [0, 0.1) is 11.3 Å². The molecule has 1 heterocycles. The molecular weight excluding hydrogens is 272 g/mol. The fourth-order valence-corrected chi connectivity index (χ4v) is 1.77. The maximum Gasteiger partial charge on any atom is 0.220 e. The molecule has 0 bridgehead atoms. The Bertz CT molecular complexity index is 655. The van der Waals surface area contributed by atoms with Crippen LogP contribution in [0.15, 0.2) is 30.3 Å². The normalized spacial score (nSPS) is 9.62. The Morgan fingerprint density at radius 1 is 1.00 bits per heavy atom. The maximum atomic E-state index is 8.84. The van der Waals surface area contributed by atoms with Crippen LogP contribution in [0.1, 0.15) is 5.69 Å². The van der Waals surface area contributed by atoms with Crippen LogP contribution in [0.3, 0.4) is 0 Å². The molecule has 108 valence electrons. The number of nitriles is 1. The van der Waals surface area contributed by atoms with Crippen molar-refractivity contribution in [1.82, 2.24) is 4.98 Å². The number of nitrogens with zero attached hydrogens (tertiary/aromatic N) is 2. The van der Waals surface area contributed by atoms with E-state index in [2.05, 4.69) is 4.98 Å². The lowest BCUT2D eigenvalue weighted by atomic mass is 10.2. The summed E-state index contributed by atoms with van der Waals surface area (Å²) in [7, 11) is 4.57. The number of ether oxygens (including phenoxy) is 4. The van der Waals surface area contributed by atoms with Crippen molar-refractivity contribution in [3.05, 3.63) is 36.0 Å². The molecule has 0 aliphatic heterocycles. The SMILES string of the molecule is COc1cc(Oc2cccc(C#N)n2)cc(OC)c1OC. The minimum atomic E-state index is 0.278. The van der Waals surface area contributed by atoms with Crippen LogP contribution in [-0.2, 0) is 0 Å². The molecule has 2 aromatic rings. The van der Waals surface area contributed by atoms with E-state index >= 15 is 0 Å². The second-order valence-electron chi connectivity index (χ2n) is 3.94. The lowest BCUT2D eigenvalue weighted by molar-refractivity contribution is 0.320. The van der Waals surface area contributed by atoms with Crippen LogP contribution < -0.4 is 18.9 Å². The largest absolute Gasteiger partial charge is 0.493 e. The average molecular weight is 286 g/mol. The Morgan fingerprint density at radius 3 is 2.19 bits per heavy atom. The standard InChI is InChI=1S/C15H14N2O4/c1-18-12-7-11(8-13(19-2)15(12)20-3)21-14-6-4-5-10(9-16)17-14/h4-8H,1-3H3. The van der Waals surface area contributed by atoms with Crippen molar-refractivity contribution in [2.75, 3.05) is 21.3 Å². The smallest absolute Gasteiger partial charge is 0.220 e. The number of rotatable bonds is 5. The first-order valence-corrected chi connectivity index (χ1v) is 6.06. The van der Waals surface area contributed by atoms with Crippen molar-refractivity contribution in [3.8, 4) is 34.9 Å². The highest BCUT2D eigenvalue weighted by Crippen LogP contribution is 2.41. The van der Waals surface area contributed by atoms with E-state index in [9.17, 15) is 0 Å². The van der Waals surface area contributed by atoms with Crippen LogP contribution in [0.25, 0.3) is 0 Å². The third-order valence-corrected chi connectivity index (χ3v) is 2.70. The van der Waals surface area contributed by atoms with E-state index in [0.29, 0.717) is 28.9 Å². The predicted octanol–water partition coefficient (Wildman–Crippen LogP) is 2.77. The molecule has 0 aliphatic rings. The summed E-state index contributed by atoms with van der Waals surface area (Å²) in [4.78, 5) is 4.04. The number of hydrogen-bond donors (Lipinski definition) is 0. The van der Waals surface area contributed by atoms with Gasteiger partial charge in [-0.05, 0) is 6.07 Å². The molecule has 6 heteroatoms. The number of hydrogen-bond acceptors (Lipinski definition) is 6. The zero-order valence-electron chi connectivity index (χ0n) is 11.9. The van der Waals surface area contributed by atoms with Crippen molar-refractivity contribution in [2.24, 2.45) is 0 Å². The summed E-state index contributed by atoms with van der Waals surface area (Å²) in [5.41, 5.74) is 0.278. The summed E-state index contributed by atoms with van der Waals surface area (Å²) in [6.07, 6.45) is 0. The fraction of sp³-hybridized carbons (Fsp3) is 0.200. The van der Waals surface area contributed by atoms with Gasteiger partial charge in [-0.3, -0.25) is 0 Å². The Labute approximate surface area is 122 Å². The Hall–Kier alpha value is -2.94. The summed E-state index contributed by atoms with van der Waals surface area (Å²) < 4.78 is 21.4. The lowest BCUT2D eigenvalue weighted by Crippen LogP contribution is -1.96. The zero-order valence-corrected chi connectivity index (χ0v) is 11.9. The molecule has 0 fully saturated rings. The first kappa shape index (κ1) is 14.5. The van der Waals surface area contributed by atoms with E-state index in [-0.39, 0.29) is 5.69 Å². The molecular formula is C15H14N2O4. The monoisotopic (exact) mass is 286 g/mol. The third kappa shape index (κ3) is 3.15. The van der Waals surface area contributed by atoms with Gasteiger partial charge in [0.05, 0.1) is 21.3 Å². The average Bonchev–Trinajstić information content (AvgIpc) is 2.53. The van der Waals surface area contributed by atoms with Crippen molar-refractivity contribution >= 4 is 0 Å². The van der Waals surface area contributed by atoms with Crippen molar-refractivity contribution in [3.63, 3.8) is 0 Å². The molecule has 0 aliphatic carbocycles. The van der Waals surface area contributed by atoms with Gasteiger partial charge >= 0.3 is 0 Å². The summed E-state index contributed by atoms with van der Waals surface area (Å²) in [6, 6.07) is 10.2. The van der Waals surface area contributed by atoms with Gasteiger partial charge in [-0.25, -0.2) is 4.98 Å². The molecule has 0 spiro atoms. The highest BCUT2D eigenvalue weighted by molar-refractivity contribution is 5.56. The maximum absolute atomic E-state index is 8.84. The molecule has 1 aromatic carbocycles. The first-order chi connectivity index (χ1) is 10.2. The summed E-state index contributed by atoms with van der Waals surface area (Å²) in [5.74, 6) is 2.20. The van der Waals surface area contributed by atoms with E-state index in [1.807, 2.05) is 6.07 Å². The predicted molar refractivity (Wildman–Crippen MR) is 75.1 cm³/mol. The molecule has 1 aromatic heterocycles. The van der Waals surface area contributed by atoms with E-state index in [1.165, 1.54) is 21.3 Å². The number of methoxy groups -OCH3 is 3. The molecule has 0 amide bonds. The minimum Gasteiger partial charge on any atom is -0.493 e. The molecule has 0 saturated heterocycles. The number of aromatic nitrogens is 1. The van der Waals surface area contributed by atoms with E-state index in [0.717, 1.165) is 0 Å². The van der Waals surface area contributed by atoms with Gasteiger partial charge in [0.2, 0.25) is 11.6 Å². The quantitative estimate of drug-likeness (QED) is 0.841. The highest BCUT2D eigenvalue weighted by Gasteiger charge is 2.14. The number of pyridine rings is 1. The lowest BCUT2D eigenvalue weighted by Gasteiger charge is -2.14. The molecule has 0 N–H and O–H groups in total. The van der Waals surface area contributed by atoms with Gasteiger partial charge in [0.1, 0.15) is 17.5 Å². The summed E-state index contributed by atoms with van der Waals surface area (Å²) in [5, 5.41) is 8.84. The molecule has 21 heavy (non-hydrogen) atoms. The Kier molecular flexibility index (Phi) is 4.46. The molecule has 0 unspecified atom stereocenters. The Morgan fingerprint density at radius 2 is 1.67 bits per heavy atom. The van der Waals surface area contributed by atoms with Gasteiger partial charge in [-0.15, -0.1) is 0 Å². The van der Waals surface area contributed by atoms with Crippen LogP contribution in [0.2, 0.25) is 0 Å². The van der Waals surface area contributed by atoms with Gasteiger partial charge in [-0.1, -0.05) is 6.07 Å². The van der Waals surface area contributed by atoms with Gasteiger partial charge in [0.15, 0.2) is 11.5 Å². The van der Waals surface area contributed by atoms with Crippen LogP contribution >= 0.6 is 0 Å². The van der Waals surface area contributed by atoms with Crippen molar-refractivity contribution in [1.29, 1.82) is 5.26 Å². The van der Waals surface area contributed by atoms with E-state index < -0.39 is 0 Å². The minimum absolute atomic E-state index is 0.278. The van der Waals surface area contributed by atoms with Gasteiger partial charge < -0.3 is 18.9 Å². The summed E-state index contributed by atoms with van der Waals surface area (Å²) in [6.45, 7) is 0. The van der Waals surface area contributed by atoms with Gasteiger partial charge in [-0.2, -0.15) is 5.26 Å². The molecule has 0 saturated carbocycles. The van der Waals surface area contributed by atoms with Gasteiger partial charge in [0.25, 0.3) is 0 Å². The third-order valence-electron chi connectivity index (χ3n) is 2.70. The fourth-order valence-electron chi connectivity index (χ4n) is 1.77. The summed E-state index contributed by atoms with van der Waals surface area (Å²) >= 11 is 0. The topological polar surface area (TPSA) is 73.6 Å². The van der Waals surface area contributed by atoms with Crippen molar-refractivity contribution < 1.29 is 18.9 Å². The molecule has 2 rings (SSSR count). The second kappa shape index (κ2) is 6.48. The Balaban J connectivity index is 2.38. The molecule has 0 radical (unpaired) electrons. The molecule has 6 nitrogen and oxygen atoms in total. The van der Waals surface area contributed by atoms with Crippen LogP contribution in [-0.4, -0.2) is 26.3 Å². The van der Waals surface area contributed by atoms with Crippen LogP contribution in [0.4, 0.5) is 0 Å². The highest BCUT2D eigenvalue weighted by atomic mass is 16.5. The van der Waals surface area contributed by atoms with Gasteiger partial charge in [0, 0.05) is 18.2 Å². The van der Waals surface area contributed by atoms with E-state index in [1.54, 1.807) is 30.3 Å². The van der Waals surface area contributed by atoms with Crippen molar-refractivity contribution in [2.45, 2.75) is 0 Å². The number of benzene rings is 1.